The Morgan fingerprint density at radius 2 is 1.38 bits per heavy atom. The van der Waals surface area contributed by atoms with Crippen LogP contribution in [-0.2, 0) is 8.85 Å². The first-order valence-electron chi connectivity index (χ1n) is 7.25. The number of hydrogen-bond donors (Lipinski definition) is 0. The Kier molecular flexibility index (Phi) is 8.83. The number of alkyl halides is 8. The Balaban J connectivity index is 5.08. The minimum atomic E-state index is -4.48. The Bertz CT molecular complexity index is 397. The van der Waals surface area contributed by atoms with E-state index in [1.165, 1.54) is 13.1 Å². The van der Waals surface area contributed by atoms with Gasteiger partial charge in [-0.1, -0.05) is 19.6 Å². The first-order valence-corrected chi connectivity index (χ1v) is 16.5. The van der Waals surface area contributed by atoms with Crippen LogP contribution in [0, 0.1) is 0 Å². The zero-order valence-corrected chi connectivity index (χ0v) is 19.5. The predicted molar refractivity (Wildman–Crippen MR) is 86.9 cm³/mol. The third-order valence-electron chi connectivity index (χ3n) is 3.52. The van der Waals surface area contributed by atoms with Crippen molar-refractivity contribution in [2.24, 2.45) is 0 Å². The topological polar surface area (TPSA) is 18.5 Å². The average Bonchev–Trinajstić information content (AvgIpc) is 2.42. The maximum Gasteiger partial charge on any atom is 0.331 e. The molecule has 0 N–H and O–H groups in total. The van der Waals surface area contributed by atoms with Crippen LogP contribution < -0.4 is 0 Å². The van der Waals surface area contributed by atoms with Crippen LogP contribution in [0.15, 0.2) is 0 Å². The van der Waals surface area contributed by atoms with E-state index in [1.807, 2.05) is 0 Å². The number of hydrogen-bond acceptors (Lipinski definition) is 2. The largest absolute Gasteiger partial charge is 0.422 e. The van der Waals surface area contributed by atoms with E-state index in [0.717, 1.165) is 6.55 Å². The summed E-state index contributed by atoms with van der Waals surface area (Å²) < 4.78 is 117. The van der Waals surface area contributed by atoms with Gasteiger partial charge in [-0.15, -0.1) is 0 Å². The van der Waals surface area contributed by atoms with Crippen molar-refractivity contribution in [1.29, 1.82) is 0 Å². The van der Waals surface area contributed by atoms with Crippen molar-refractivity contribution in [2.75, 3.05) is 13.2 Å². The van der Waals surface area contributed by atoms with Crippen LogP contribution in [0.5, 0.6) is 0 Å². The zero-order valence-electron chi connectivity index (χ0n) is 13.8. The third kappa shape index (κ3) is 6.19. The van der Waals surface area contributed by atoms with Crippen LogP contribution in [0.2, 0.25) is 25.7 Å². The second kappa shape index (κ2) is 8.74. The van der Waals surface area contributed by atoms with Crippen LogP contribution in [0.25, 0.3) is 0 Å². The summed E-state index contributed by atoms with van der Waals surface area (Å²) in [5.41, 5.74) is -4.21. The molecule has 0 bridgehead atoms. The molecule has 1 atom stereocenters. The van der Waals surface area contributed by atoms with Crippen molar-refractivity contribution >= 4 is 36.9 Å². The van der Waals surface area contributed by atoms with Gasteiger partial charge in [-0.25, -0.2) is 17.6 Å². The average molecular weight is 439 g/mol. The minimum Gasteiger partial charge on any atom is -0.422 e. The zero-order chi connectivity index (χ0) is 19.4. The molecule has 0 aliphatic rings. The van der Waals surface area contributed by atoms with Gasteiger partial charge in [-0.3, -0.25) is 0 Å². The Morgan fingerprint density at radius 3 is 1.75 bits per heavy atom. The van der Waals surface area contributed by atoms with Gasteiger partial charge in [0.15, 0.2) is 8.56 Å². The summed E-state index contributed by atoms with van der Waals surface area (Å²) in [4.78, 5) is 0. The molecule has 0 aliphatic carbocycles. The van der Waals surface area contributed by atoms with Gasteiger partial charge in [0, 0.05) is 6.04 Å². The summed E-state index contributed by atoms with van der Waals surface area (Å²) in [5.74, 6) is -13.4. The SMILES string of the molecule is C[SiH2]C(F)(F)C(F)(F)CO[SiH](CC(F)(F)C(F)(F)CO[SiH3])[SiH](C)C. The molecule has 1 unspecified atom stereocenters. The fraction of sp³-hybridized carbons (Fsp3) is 1.00. The van der Waals surface area contributed by atoms with Crippen molar-refractivity contribution < 1.29 is 44.0 Å². The normalized spacial score (nSPS) is 16.5. The van der Waals surface area contributed by atoms with E-state index < -0.39 is 69.0 Å². The Hall–Kier alpha value is 0.228. The van der Waals surface area contributed by atoms with Gasteiger partial charge in [0.25, 0.3) is 5.55 Å². The predicted octanol–water partition coefficient (Wildman–Crippen LogP) is 1.30. The second-order valence-electron chi connectivity index (χ2n) is 5.90. The molecule has 0 saturated carbocycles. The molecule has 0 aliphatic heterocycles. The van der Waals surface area contributed by atoms with Crippen molar-refractivity contribution in [3.8, 4) is 0 Å². The molecule has 0 amide bonds. The van der Waals surface area contributed by atoms with Crippen LogP contribution in [-0.4, -0.2) is 73.4 Å². The monoisotopic (exact) mass is 438 g/mol. The fourth-order valence-electron chi connectivity index (χ4n) is 1.75. The molecule has 0 aromatic heterocycles. The maximum absolute atomic E-state index is 13.8. The molecule has 14 heteroatoms. The van der Waals surface area contributed by atoms with Crippen LogP contribution in [0.3, 0.4) is 0 Å². The first kappa shape index (κ1) is 24.2. The van der Waals surface area contributed by atoms with E-state index in [9.17, 15) is 35.1 Å². The Morgan fingerprint density at radius 1 is 0.875 bits per heavy atom. The van der Waals surface area contributed by atoms with Crippen molar-refractivity contribution in [3.63, 3.8) is 0 Å². The number of halogens is 8. The van der Waals surface area contributed by atoms with Crippen LogP contribution >= 0.6 is 0 Å². The molecule has 0 radical (unpaired) electrons. The van der Waals surface area contributed by atoms with E-state index in [4.69, 9.17) is 4.43 Å². The van der Waals surface area contributed by atoms with E-state index in [1.54, 1.807) is 0 Å². The molecule has 146 valence electrons. The van der Waals surface area contributed by atoms with E-state index >= 15 is 0 Å². The van der Waals surface area contributed by atoms with Crippen LogP contribution in [0.1, 0.15) is 0 Å². The first-order chi connectivity index (χ1) is 10.6. The molecular formula is C10H22F8O2Si4. The molecule has 0 rings (SSSR count). The number of rotatable bonds is 11. The lowest BCUT2D eigenvalue weighted by Crippen LogP contribution is -2.53. The summed E-state index contributed by atoms with van der Waals surface area (Å²) in [6, 6.07) is -1.37. The molecule has 0 saturated heterocycles. The Labute approximate surface area is 143 Å². The highest BCUT2D eigenvalue weighted by molar-refractivity contribution is 7.18. The van der Waals surface area contributed by atoms with Crippen molar-refractivity contribution in [2.45, 2.75) is 49.0 Å². The minimum absolute atomic E-state index is 0.164. The molecule has 0 heterocycles. The highest BCUT2D eigenvalue weighted by Gasteiger charge is 2.58. The summed E-state index contributed by atoms with van der Waals surface area (Å²) in [6.07, 6.45) is 0. The van der Waals surface area contributed by atoms with Gasteiger partial charge in [0.05, 0.1) is 8.31 Å². The van der Waals surface area contributed by atoms with Crippen molar-refractivity contribution in [3.05, 3.63) is 0 Å². The maximum atomic E-state index is 13.8. The van der Waals surface area contributed by atoms with Gasteiger partial charge < -0.3 is 8.85 Å². The summed E-state index contributed by atoms with van der Waals surface area (Å²) in [5, 5.41) is 0. The van der Waals surface area contributed by atoms with E-state index in [0.29, 0.717) is 0 Å². The van der Waals surface area contributed by atoms with Gasteiger partial charge in [-0.05, 0) is 0 Å². The van der Waals surface area contributed by atoms with Gasteiger partial charge >= 0.3 is 17.8 Å². The van der Waals surface area contributed by atoms with Crippen LogP contribution in [0.4, 0.5) is 35.1 Å². The lowest BCUT2D eigenvalue weighted by molar-refractivity contribution is -0.212. The van der Waals surface area contributed by atoms with Gasteiger partial charge in [0.1, 0.15) is 33.2 Å². The molecule has 24 heavy (non-hydrogen) atoms. The summed E-state index contributed by atoms with van der Waals surface area (Å²) in [7, 11) is -7.87. The van der Waals surface area contributed by atoms with E-state index in [-0.39, 0.29) is 10.5 Å². The third-order valence-corrected chi connectivity index (χ3v) is 14.0. The lowest BCUT2D eigenvalue weighted by atomic mass is 10.2. The summed E-state index contributed by atoms with van der Waals surface area (Å²) >= 11 is 0. The highest BCUT2D eigenvalue weighted by Crippen LogP contribution is 2.39. The standard InChI is InChI=1S/C10H22F8O2Si4/c1-22-10(17,18)8(13,14)5-20-24(23(2)3)6-9(15,16)7(11,12)4-19-21/h23-24H,4-6,22H2,1-3,21H3. The molecule has 2 nitrogen and oxygen atoms in total. The highest BCUT2D eigenvalue weighted by atomic mass is 29.2. The molecule has 0 spiro atoms. The lowest BCUT2D eigenvalue weighted by Gasteiger charge is -2.32. The van der Waals surface area contributed by atoms with Crippen molar-refractivity contribution in [1.82, 2.24) is 0 Å². The molecule has 0 aromatic rings. The van der Waals surface area contributed by atoms with E-state index in [2.05, 4.69) is 4.43 Å². The fourth-order valence-corrected chi connectivity index (χ4v) is 8.68. The molecule has 0 aromatic carbocycles. The molecule has 0 fully saturated rings. The quantitative estimate of drug-likeness (QED) is 0.358. The second-order valence-corrected chi connectivity index (χ2v) is 18.6. The molecular weight excluding hydrogens is 416 g/mol. The van der Waals surface area contributed by atoms with Gasteiger partial charge in [-0.2, -0.15) is 17.6 Å². The summed E-state index contributed by atoms with van der Waals surface area (Å²) in [6.45, 7) is 0.783. The smallest absolute Gasteiger partial charge is 0.331 e. The van der Waals surface area contributed by atoms with Gasteiger partial charge in [0.2, 0.25) is 0 Å².